The monoisotopic (exact) mass is 266 g/mol. The van der Waals surface area contributed by atoms with Gasteiger partial charge in [0.15, 0.2) is 11.6 Å². The number of halogens is 2. The second-order valence-corrected chi connectivity index (χ2v) is 3.67. The first kappa shape index (κ1) is 12.9. The smallest absolute Gasteiger partial charge is 0.367 e. The van der Waals surface area contributed by atoms with Crippen LogP contribution in [0.4, 0.5) is 20.2 Å². The van der Waals surface area contributed by atoms with Gasteiger partial charge >= 0.3 is 5.63 Å². The van der Waals surface area contributed by atoms with Crippen LogP contribution in [0.1, 0.15) is 5.76 Å². The van der Waals surface area contributed by atoms with Gasteiger partial charge in [-0.3, -0.25) is 0 Å². The summed E-state index contributed by atoms with van der Waals surface area (Å²) in [5.41, 5.74) is -1.61. The lowest BCUT2D eigenvalue weighted by molar-refractivity contribution is 0.436. The fraction of sp³-hybridized carbons (Fsp3) is 0.0833. The van der Waals surface area contributed by atoms with E-state index in [0.29, 0.717) is 6.07 Å². The molecule has 0 unspecified atom stereocenters. The van der Waals surface area contributed by atoms with Crippen LogP contribution in [0.25, 0.3) is 0 Å². The number of hydrogen-bond acceptors (Lipinski definition) is 5. The third-order valence-electron chi connectivity index (χ3n) is 2.20. The number of benzene rings is 1. The van der Waals surface area contributed by atoms with Crippen LogP contribution in [0.5, 0.6) is 5.75 Å². The lowest BCUT2D eigenvalue weighted by Crippen LogP contribution is -1.98. The molecule has 0 radical (unpaired) electrons. The first-order valence-corrected chi connectivity index (χ1v) is 5.18. The van der Waals surface area contributed by atoms with E-state index in [9.17, 15) is 18.7 Å². The minimum atomic E-state index is -0.931. The third kappa shape index (κ3) is 2.82. The van der Waals surface area contributed by atoms with Crippen LogP contribution < -0.4 is 5.63 Å². The molecule has 1 heterocycles. The largest absolute Gasteiger partial charge is 0.505 e. The Morgan fingerprint density at radius 1 is 1.21 bits per heavy atom. The summed E-state index contributed by atoms with van der Waals surface area (Å²) in [4.78, 5) is 11.4. The molecule has 1 aromatic carbocycles. The SMILES string of the molecule is Cc1cc(O)c(N=Nc2ccc(F)cc2F)c(=O)o1. The molecule has 98 valence electrons. The van der Waals surface area contributed by atoms with E-state index in [4.69, 9.17) is 4.42 Å². The molecule has 0 aliphatic rings. The van der Waals surface area contributed by atoms with Crippen LogP contribution in [0.2, 0.25) is 0 Å². The Morgan fingerprint density at radius 2 is 1.95 bits per heavy atom. The molecular formula is C12H8F2N2O3. The second-order valence-electron chi connectivity index (χ2n) is 3.67. The quantitative estimate of drug-likeness (QED) is 0.847. The van der Waals surface area contributed by atoms with Crippen molar-refractivity contribution in [2.45, 2.75) is 6.92 Å². The average molecular weight is 266 g/mol. The first-order chi connectivity index (χ1) is 8.97. The van der Waals surface area contributed by atoms with E-state index in [0.717, 1.165) is 12.1 Å². The maximum Gasteiger partial charge on any atom is 0.367 e. The maximum atomic E-state index is 13.3. The van der Waals surface area contributed by atoms with Crippen molar-refractivity contribution in [3.05, 3.63) is 52.1 Å². The highest BCUT2D eigenvalue weighted by atomic mass is 19.1. The zero-order valence-electron chi connectivity index (χ0n) is 9.72. The average Bonchev–Trinajstić information content (AvgIpc) is 2.30. The number of aryl methyl sites for hydroxylation is 1. The van der Waals surface area contributed by atoms with Gasteiger partial charge in [0.1, 0.15) is 17.3 Å². The summed E-state index contributed by atoms with van der Waals surface area (Å²) in [6.07, 6.45) is 0. The first-order valence-electron chi connectivity index (χ1n) is 5.18. The van der Waals surface area contributed by atoms with Crippen molar-refractivity contribution in [1.29, 1.82) is 0 Å². The van der Waals surface area contributed by atoms with Crippen LogP contribution in [-0.2, 0) is 0 Å². The lowest BCUT2D eigenvalue weighted by Gasteiger charge is -1.98. The Balaban J connectivity index is 2.41. The van der Waals surface area contributed by atoms with E-state index >= 15 is 0 Å². The summed E-state index contributed by atoms with van der Waals surface area (Å²) in [6.45, 7) is 1.47. The number of rotatable bonds is 2. The minimum absolute atomic E-state index is 0.203. The van der Waals surface area contributed by atoms with E-state index in [1.165, 1.54) is 13.0 Å². The molecule has 0 atom stereocenters. The maximum absolute atomic E-state index is 13.3. The van der Waals surface area contributed by atoms with Crippen molar-refractivity contribution in [2.24, 2.45) is 10.2 Å². The number of nitrogens with zero attached hydrogens (tertiary/aromatic N) is 2. The molecule has 0 fully saturated rings. The van der Waals surface area contributed by atoms with Gasteiger partial charge in [-0.15, -0.1) is 10.2 Å². The van der Waals surface area contributed by atoms with Gasteiger partial charge in [-0.2, -0.15) is 0 Å². The summed E-state index contributed by atoms with van der Waals surface area (Å²) in [5.74, 6) is -1.91. The van der Waals surface area contributed by atoms with Crippen LogP contribution in [0.15, 0.2) is 43.7 Å². The van der Waals surface area contributed by atoms with Crippen LogP contribution in [0, 0.1) is 18.6 Å². The standard InChI is InChI=1S/C12H8F2N2O3/c1-6-4-10(17)11(12(18)19-6)16-15-9-3-2-7(13)5-8(9)14/h2-5,17H,1H3. The number of aromatic hydroxyl groups is 1. The van der Waals surface area contributed by atoms with E-state index < -0.39 is 28.7 Å². The Kier molecular flexibility index (Phi) is 3.37. The second kappa shape index (κ2) is 4.97. The number of hydrogen-bond donors (Lipinski definition) is 1. The van der Waals surface area contributed by atoms with E-state index in [-0.39, 0.29) is 11.4 Å². The van der Waals surface area contributed by atoms with Gasteiger partial charge in [0.25, 0.3) is 0 Å². The fourth-order valence-electron chi connectivity index (χ4n) is 1.35. The Morgan fingerprint density at radius 3 is 2.58 bits per heavy atom. The zero-order chi connectivity index (χ0) is 14.0. The number of azo groups is 1. The predicted molar refractivity (Wildman–Crippen MR) is 61.9 cm³/mol. The Hall–Kier alpha value is -2.57. The van der Waals surface area contributed by atoms with Gasteiger partial charge in [0, 0.05) is 12.1 Å². The minimum Gasteiger partial charge on any atom is -0.505 e. The fourth-order valence-corrected chi connectivity index (χ4v) is 1.35. The molecule has 0 aliphatic carbocycles. The van der Waals surface area contributed by atoms with Gasteiger partial charge in [0.05, 0.1) is 0 Å². The van der Waals surface area contributed by atoms with Gasteiger partial charge < -0.3 is 9.52 Å². The molecule has 7 heteroatoms. The topological polar surface area (TPSA) is 75.2 Å². The summed E-state index contributed by atoms with van der Waals surface area (Å²) < 4.78 is 30.6. The highest BCUT2D eigenvalue weighted by Crippen LogP contribution is 2.26. The van der Waals surface area contributed by atoms with Gasteiger partial charge in [-0.25, -0.2) is 13.6 Å². The van der Waals surface area contributed by atoms with Gasteiger partial charge in [-0.1, -0.05) is 0 Å². The van der Waals surface area contributed by atoms with Crippen molar-refractivity contribution in [1.82, 2.24) is 0 Å². The predicted octanol–water partition coefficient (Wildman–Crippen LogP) is 3.35. The van der Waals surface area contributed by atoms with Crippen molar-refractivity contribution in [2.75, 3.05) is 0 Å². The summed E-state index contributed by atoms with van der Waals surface area (Å²) >= 11 is 0. The molecule has 0 saturated heterocycles. The van der Waals surface area contributed by atoms with Gasteiger partial charge in [-0.05, 0) is 19.1 Å². The summed E-state index contributed by atoms with van der Waals surface area (Å²) in [5, 5.41) is 16.3. The molecule has 0 aliphatic heterocycles. The molecule has 5 nitrogen and oxygen atoms in total. The molecule has 1 aromatic heterocycles. The summed E-state index contributed by atoms with van der Waals surface area (Å²) in [7, 11) is 0. The molecule has 1 N–H and O–H groups in total. The molecule has 0 spiro atoms. The lowest BCUT2D eigenvalue weighted by atomic mass is 10.3. The molecule has 0 saturated carbocycles. The van der Waals surface area contributed by atoms with Crippen molar-refractivity contribution in [3.63, 3.8) is 0 Å². The van der Waals surface area contributed by atoms with E-state index in [2.05, 4.69) is 10.2 Å². The van der Waals surface area contributed by atoms with Crippen molar-refractivity contribution >= 4 is 11.4 Å². The molecule has 19 heavy (non-hydrogen) atoms. The molecule has 2 aromatic rings. The molecule has 0 amide bonds. The highest BCUT2D eigenvalue weighted by molar-refractivity contribution is 5.48. The Labute approximate surface area is 105 Å². The van der Waals surface area contributed by atoms with Crippen LogP contribution >= 0.6 is 0 Å². The van der Waals surface area contributed by atoms with E-state index in [1.54, 1.807) is 0 Å². The Bertz CT molecular complexity index is 711. The van der Waals surface area contributed by atoms with Crippen molar-refractivity contribution in [3.8, 4) is 5.75 Å². The highest BCUT2D eigenvalue weighted by Gasteiger charge is 2.09. The van der Waals surface area contributed by atoms with Crippen LogP contribution in [-0.4, -0.2) is 5.11 Å². The normalized spacial score (nSPS) is 11.1. The van der Waals surface area contributed by atoms with Gasteiger partial charge in [0.2, 0.25) is 5.69 Å². The van der Waals surface area contributed by atoms with Crippen molar-refractivity contribution < 1.29 is 18.3 Å². The third-order valence-corrected chi connectivity index (χ3v) is 2.20. The zero-order valence-corrected chi connectivity index (χ0v) is 9.72. The molecule has 0 bridgehead atoms. The molecule has 2 rings (SSSR count). The summed E-state index contributed by atoms with van der Waals surface area (Å²) in [6, 6.07) is 3.86. The van der Waals surface area contributed by atoms with Crippen LogP contribution in [0.3, 0.4) is 0 Å². The molecular weight excluding hydrogens is 258 g/mol. The van der Waals surface area contributed by atoms with E-state index in [1.807, 2.05) is 0 Å².